The number of hydrogen-bond acceptors (Lipinski definition) is 8. The number of nitrogens with one attached hydrogen (secondary N) is 3. The van der Waals surface area contributed by atoms with Crippen molar-refractivity contribution in [2.45, 2.75) is 6.54 Å². The van der Waals surface area contributed by atoms with Gasteiger partial charge in [-0.2, -0.15) is 4.80 Å². The molecule has 0 spiro atoms. The number of hydrogen-bond donors (Lipinski definition) is 3. The molecule has 3 N–H and O–H groups in total. The third-order valence-electron chi connectivity index (χ3n) is 3.66. The summed E-state index contributed by atoms with van der Waals surface area (Å²) in [6.07, 6.45) is 0. The highest BCUT2D eigenvalue weighted by Crippen LogP contribution is 2.17. The maximum Gasteiger partial charge on any atom is 0.282 e. The van der Waals surface area contributed by atoms with E-state index in [4.69, 9.17) is 12.2 Å². The lowest BCUT2D eigenvalue weighted by Gasteiger charge is -2.10. The number of nitro benzene ring substituents is 1. The van der Waals surface area contributed by atoms with E-state index in [9.17, 15) is 19.7 Å². The number of rotatable bonds is 5. The Morgan fingerprint density at radius 3 is 2.50 bits per heavy atom. The van der Waals surface area contributed by atoms with Crippen molar-refractivity contribution in [1.29, 1.82) is 0 Å². The summed E-state index contributed by atoms with van der Waals surface area (Å²) >= 11 is 4.91. The van der Waals surface area contributed by atoms with Crippen LogP contribution >= 0.6 is 12.2 Å². The molecule has 0 atom stereocenters. The number of carbonyl (C=O) groups is 2. The molecule has 30 heavy (non-hydrogen) atoms. The first-order chi connectivity index (χ1) is 14.4. The molecule has 0 aliphatic carbocycles. The van der Waals surface area contributed by atoms with Gasteiger partial charge >= 0.3 is 0 Å². The van der Waals surface area contributed by atoms with Crippen LogP contribution in [0.4, 0.5) is 5.69 Å². The van der Waals surface area contributed by atoms with Gasteiger partial charge in [0.05, 0.1) is 4.92 Å². The van der Waals surface area contributed by atoms with Crippen molar-refractivity contribution in [2.24, 2.45) is 0 Å². The van der Waals surface area contributed by atoms with Crippen molar-refractivity contribution in [3.63, 3.8) is 0 Å². The fourth-order valence-electron chi connectivity index (χ4n) is 2.33. The lowest BCUT2D eigenvalue weighted by atomic mass is 10.1. The lowest BCUT2D eigenvalue weighted by Crippen LogP contribution is -2.49. The Balaban J connectivity index is 1.50. The first-order valence-electron chi connectivity index (χ1n) is 8.41. The number of benzene rings is 2. The van der Waals surface area contributed by atoms with Crippen molar-refractivity contribution in [3.8, 4) is 11.4 Å². The number of thiocarbonyl (C=S) groups is 1. The summed E-state index contributed by atoms with van der Waals surface area (Å²) in [4.78, 5) is 35.6. The average Bonchev–Trinajstić information content (AvgIpc) is 3.21. The highest BCUT2D eigenvalue weighted by atomic mass is 32.1. The van der Waals surface area contributed by atoms with Crippen LogP contribution in [0.5, 0.6) is 0 Å². The second-order valence-electron chi connectivity index (χ2n) is 5.74. The third kappa shape index (κ3) is 5.17. The molecule has 0 radical (unpaired) electrons. The SMILES string of the molecule is O=C(Cn1nnc(-c2ccccc2)n1)NNC(=S)NC(=O)c1ccccc1[N+](=O)[O-]. The van der Waals surface area contributed by atoms with Gasteiger partial charge in [-0.05, 0) is 23.5 Å². The molecule has 3 aromatic rings. The summed E-state index contributed by atoms with van der Waals surface area (Å²) in [6, 6.07) is 14.5. The van der Waals surface area contributed by atoms with Crippen LogP contribution in [0.2, 0.25) is 0 Å². The van der Waals surface area contributed by atoms with Crippen LogP contribution in [0, 0.1) is 10.1 Å². The Hall–Kier alpha value is -4.26. The average molecular weight is 426 g/mol. The van der Waals surface area contributed by atoms with Crippen LogP contribution in [-0.2, 0) is 11.3 Å². The molecule has 152 valence electrons. The minimum Gasteiger partial charge on any atom is -0.297 e. The number of nitrogens with zero attached hydrogens (tertiary/aromatic N) is 5. The molecular formula is C17H14N8O4S. The molecule has 0 saturated carbocycles. The summed E-state index contributed by atoms with van der Waals surface area (Å²) in [5.74, 6) is -0.989. The molecular weight excluding hydrogens is 412 g/mol. The van der Waals surface area contributed by atoms with E-state index in [-0.39, 0.29) is 22.9 Å². The summed E-state index contributed by atoms with van der Waals surface area (Å²) in [5, 5.41) is 24.8. The van der Waals surface area contributed by atoms with Crippen LogP contribution < -0.4 is 16.2 Å². The standard InChI is InChI=1S/C17H14N8O4S/c26-14(10-24-22-15(20-23-24)11-6-2-1-3-7-11)19-21-17(30)18-16(27)12-8-4-5-9-13(12)25(28)29/h1-9H,10H2,(H,19,26)(H2,18,21,27,30). The van der Waals surface area contributed by atoms with Crippen molar-refractivity contribution in [3.05, 3.63) is 70.3 Å². The Morgan fingerprint density at radius 1 is 1.07 bits per heavy atom. The number of aromatic nitrogens is 4. The number of hydrazine groups is 1. The fourth-order valence-corrected chi connectivity index (χ4v) is 2.48. The maximum absolute atomic E-state index is 12.2. The smallest absolute Gasteiger partial charge is 0.282 e. The number of tetrazole rings is 1. The summed E-state index contributed by atoms with van der Waals surface area (Å²) in [6.45, 7) is -0.256. The van der Waals surface area contributed by atoms with Gasteiger partial charge in [0.15, 0.2) is 5.11 Å². The largest absolute Gasteiger partial charge is 0.297 e. The van der Waals surface area contributed by atoms with Crippen LogP contribution in [0.3, 0.4) is 0 Å². The Kier molecular flexibility index (Phi) is 6.34. The van der Waals surface area contributed by atoms with E-state index in [0.29, 0.717) is 5.82 Å². The molecule has 12 nitrogen and oxygen atoms in total. The molecule has 13 heteroatoms. The Morgan fingerprint density at radius 2 is 1.77 bits per heavy atom. The van der Waals surface area contributed by atoms with E-state index in [0.717, 1.165) is 10.4 Å². The van der Waals surface area contributed by atoms with Crippen molar-refractivity contribution >= 4 is 34.8 Å². The molecule has 3 rings (SSSR count). The van der Waals surface area contributed by atoms with Crippen molar-refractivity contribution in [2.75, 3.05) is 0 Å². The van der Waals surface area contributed by atoms with Gasteiger partial charge in [-0.15, -0.1) is 10.2 Å². The summed E-state index contributed by atoms with van der Waals surface area (Å²) < 4.78 is 0. The summed E-state index contributed by atoms with van der Waals surface area (Å²) in [5.41, 5.74) is 4.81. The number of carbonyl (C=O) groups excluding carboxylic acids is 2. The van der Waals surface area contributed by atoms with Crippen LogP contribution in [0.15, 0.2) is 54.6 Å². The van der Waals surface area contributed by atoms with Gasteiger partial charge in [-0.3, -0.25) is 35.9 Å². The molecule has 0 aliphatic heterocycles. The fraction of sp³-hybridized carbons (Fsp3) is 0.0588. The maximum atomic E-state index is 12.2. The van der Waals surface area contributed by atoms with E-state index in [1.807, 2.05) is 18.2 Å². The Labute approximate surface area is 174 Å². The lowest BCUT2D eigenvalue weighted by molar-refractivity contribution is -0.385. The van der Waals surface area contributed by atoms with E-state index in [2.05, 4.69) is 31.6 Å². The molecule has 0 unspecified atom stereocenters. The number of nitro groups is 1. The molecule has 0 fully saturated rings. The van der Waals surface area contributed by atoms with Crippen LogP contribution in [0.1, 0.15) is 10.4 Å². The van der Waals surface area contributed by atoms with Gasteiger partial charge in [-0.25, -0.2) is 0 Å². The summed E-state index contributed by atoms with van der Waals surface area (Å²) in [7, 11) is 0. The van der Waals surface area contributed by atoms with Gasteiger partial charge in [-0.1, -0.05) is 42.5 Å². The van der Waals surface area contributed by atoms with E-state index in [1.54, 1.807) is 12.1 Å². The topological polar surface area (TPSA) is 157 Å². The molecule has 0 aliphatic rings. The quantitative estimate of drug-likeness (QED) is 0.302. The normalized spacial score (nSPS) is 10.1. The zero-order valence-electron chi connectivity index (χ0n) is 15.2. The van der Waals surface area contributed by atoms with Gasteiger partial charge in [0.1, 0.15) is 12.1 Å². The molecule has 0 saturated heterocycles. The Bertz CT molecular complexity index is 1100. The zero-order valence-corrected chi connectivity index (χ0v) is 16.0. The number of para-hydroxylation sites is 1. The third-order valence-corrected chi connectivity index (χ3v) is 3.86. The van der Waals surface area contributed by atoms with Crippen molar-refractivity contribution in [1.82, 2.24) is 36.4 Å². The van der Waals surface area contributed by atoms with Crippen LogP contribution in [-0.4, -0.2) is 42.1 Å². The van der Waals surface area contributed by atoms with Gasteiger partial charge in [0, 0.05) is 11.6 Å². The molecule has 1 heterocycles. The molecule has 2 aromatic carbocycles. The van der Waals surface area contributed by atoms with E-state index in [1.165, 1.54) is 24.3 Å². The molecule has 2 amide bonds. The molecule has 1 aromatic heterocycles. The van der Waals surface area contributed by atoms with Gasteiger partial charge < -0.3 is 0 Å². The minimum atomic E-state index is -0.792. The molecule has 0 bridgehead atoms. The van der Waals surface area contributed by atoms with E-state index < -0.39 is 16.7 Å². The highest BCUT2D eigenvalue weighted by molar-refractivity contribution is 7.80. The monoisotopic (exact) mass is 426 g/mol. The second-order valence-corrected chi connectivity index (χ2v) is 6.15. The predicted molar refractivity (Wildman–Crippen MR) is 108 cm³/mol. The van der Waals surface area contributed by atoms with Gasteiger partial charge in [0.2, 0.25) is 5.82 Å². The first kappa shape index (κ1) is 20.5. The van der Waals surface area contributed by atoms with Gasteiger partial charge in [0.25, 0.3) is 17.5 Å². The highest BCUT2D eigenvalue weighted by Gasteiger charge is 2.20. The predicted octanol–water partition coefficient (Wildman–Crippen LogP) is 0.584. The zero-order chi connectivity index (χ0) is 21.5. The minimum absolute atomic E-state index is 0.168. The second kappa shape index (κ2) is 9.29. The number of amides is 2. The first-order valence-corrected chi connectivity index (χ1v) is 8.81. The van der Waals surface area contributed by atoms with Crippen LogP contribution in [0.25, 0.3) is 11.4 Å². The van der Waals surface area contributed by atoms with Crippen molar-refractivity contribution < 1.29 is 14.5 Å². The van der Waals surface area contributed by atoms with E-state index >= 15 is 0 Å².